The highest BCUT2D eigenvalue weighted by atomic mass is 35.5. The van der Waals surface area contributed by atoms with Crippen molar-refractivity contribution in [3.05, 3.63) is 57.2 Å². The molecule has 1 atom stereocenters. The van der Waals surface area contributed by atoms with Crippen molar-refractivity contribution in [2.24, 2.45) is 0 Å². The van der Waals surface area contributed by atoms with E-state index < -0.39 is 0 Å². The molecule has 16 heavy (non-hydrogen) atoms. The van der Waals surface area contributed by atoms with Crippen molar-refractivity contribution in [3.8, 4) is 0 Å². The predicted octanol–water partition coefficient (Wildman–Crippen LogP) is 4.25. The van der Waals surface area contributed by atoms with E-state index >= 15 is 0 Å². The molecule has 1 N–H and O–H groups in total. The molecule has 1 unspecified atom stereocenters. The van der Waals surface area contributed by atoms with Gasteiger partial charge in [0.15, 0.2) is 0 Å². The van der Waals surface area contributed by atoms with E-state index in [0.29, 0.717) is 6.04 Å². The first-order valence-electron chi connectivity index (χ1n) is 5.27. The van der Waals surface area contributed by atoms with Crippen LogP contribution in [-0.4, -0.2) is 0 Å². The van der Waals surface area contributed by atoms with Crippen LogP contribution in [0.3, 0.4) is 0 Å². The largest absolute Gasteiger partial charge is 0.306 e. The maximum absolute atomic E-state index is 5.91. The molecular weight excluding hydrogens is 238 g/mol. The summed E-state index contributed by atoms with van der Waals surface area (Å²) in [6.45, 7) is 3.04. The van der Waals surface area contributed by atoms with E-state index in [2.05, 4.69) is 41.9 Å². The van der Waals surface area contributed by atoms with Gasteiger partial charge in [-0.1, -0.05) is 41.9 Å². The van der Waals surface area contributed by atoms with E-state index in [0.717, 1.165) is 10.9 Å². The maximum atomic E-state index is 5.91. The van der Waals surface area contributed by atoms with E-state index in [1.807, 2.05) is 12.1 Å². The first kappa shape index (κ1) is 11.6. The third-order valence-electron chi connectivity index (χ3n) is 2.54. The number of benzene rings is 1. The summed E-state index contributed by atoms with van der Waals surface area (Å²) in [7, 11) is 0. The van der Waals surface area contributed by atoms with Crippen molar-refractivity contribution in [2.45, 2.75) is 19.5 Å². The smallest absolute Gasteiger partial charge is 0.0931 e. The Morgan fingerprint density at radius 2 is 2.06 bits per heavy atom. The van der Waals surface area contributed by atoms with Gasteiger partial charge in [-0.15, -0.1) is 11.3 Å². The molecule has 0 bridgehead atoms. The lowest BCUT2D eigenvalue weighted by atomic mass is 10.1. The van der Waals surface area contributed by atoms with E-state index in [4.69, 9.17) is 11.6 Å². The zero-order chi connectivity index (χ0) is 11.4. The third-order valence-corrected chi connectivity index (χ3v) is 3.65. The van der Waals surface area contributed by atoms with Gasteiger partial charge >= 0.3 is 0 Å². The van der Waals surface area contributed by atoms with Crippen LogP contribution in [0.5, 0.6) is 0 Å². The summed E-state index contributed by atoms with van der Waals surface area (Å²) < 4.78 is 0.850. The molecule has 0 saturated heterocycles. The minimum atomic E-state index is 0.337. The lowest BCUT2D eigenvalue weighted by Crippen LogP contribution is -2.17. The predicted molar refractivity (Wildman–Crippen MR) is 71.0 cm³/mol. The quantitative estimate of drug-likeness (QED) is 0.857. The Balaban J connectivity index is 1.91. The second kappa shape index (κ2) is 5.48. The Morgan fingerprint density at radius 3 is 2.69 bits per heavy atom. The zero-order valence-electron chi connectivity index (χ0n) is 9.11. The molecule has 0 spiro atoms. The number of rotatable bonds is 4. The minimum Gasteiger partial charge on any atom is -0.306 e. The molecule has 1 aromatic carbocycles. The summed E-state index contributed by atoms with van der Waals surface area (Å²) in [5.74, 6) is 0. The fourth-order valence-corrected chi connectivity index (χ4v) is 2.52. The highest BCUT2D eigenvalue weighted by Gasteiger charge is 2.06. The van der Waals surface area contributed by atoms with Crippen LogP contribution in [0.25, 0.3) is 0 Å². The van der Waals surface area contributed by atoms with Gasteiger partial charge in [0.25, 0.3) is 0 Å². The summed E-state index contributed by atoms with van der Waals surface area (Å²) in [6, 6.07) is 12.8. The Kier molecular flexibility index (Phi) is 3.99. The molecule has 1 nitrogen and oxygen atoms in total. The molecule has 1 heterocycles. The molecule has 0 radical (unpaired) electrons. The van der Waals surface area contributed by atoms with Crippen LogP contribution in [0.4, 0.5) is 0 Å². The molecule has 84 valence electrons. The van der Waals surface area contributed by atoms with Gasteiger partial charge in [0.1, 0.15) is 0 Å². The van der Waals surface area contributed by atoms with Crippen LogP contribution in [0.1, 0.15) is 24.1 Å². The summed E-state index contributed by atoms with van der Waals surface area (Å²) in [6.07, 6.45) is 0. The molecule has 1 aromatic heterocycles. The van der Waals surface area contributed by atoms with Crippen LogP contribution < -0.4 is 5.32 Å². The number of hydrogen-bond acceptors (Lipinski definition) is 2. The number of nitrogens with one attached hydrogen (secondary N) is 1. The molecule has 0 aliphatic rings. The third kappa shape index (κ3) is 3.08. The van der Waals surface area contributed by atoms with Crippen LogP contribution >= 0.6 is 22.9 Å². The summed E-state index contributed by atoms with van der Waals surface area (Å²) in [4.78, 5) is 0. The van der Waals surface area contributed by atoms with E-state index in [9.17, 15) is 0 Å². The monoisotopic (exact) mass is 251 g/mol. The van der Waals surface area contributed by atoms with Crippen molar-refractivity contribution in [1.29, 1.82) is 0 Å². The van der Waals surface area contributed by atoms with E-state index in [1.165, 1.54) is 11.1 Å². The Morgan fingerprint density at radius 1 is 1.31 bits per heavy atom. The Labute approximate surface area is 105 Å². The molecule has 0 aliphatic carbocycles. The first-order valence-corrected chi connectivity index (χ1v) is 6.52. The Bertz CT molecular complexity index is 438. The average molecular weight is 252 g/mol. The number of thiophene rings is 1. The molecule has 0 aliphatic heterocycles. The van der Waals surface area contributed by atoms with E-state index in [-0.39, 0.29) is 0 Å². The number of halogens is 1. The normalized spacial score (nSPS) is 12.6. The zero-order valence-corrected chi connectivity index (χ0v) is 10.7. The summed E-state index contributed by atoms with van der Waals surface area (Å²) >= 11 is 7.49. The molecule has 0 amide bonds. The first-order chi connectivity index (χ1) is 7.75. The molecule has 0 fully saturated rings. The van der Waals surface area contributed by atoms with Gasteiger partial charge < -0.3 is 5.32 Å². The van der Waals surface area contributed by atoms with Gasteiger partial charge in [0, 0.05) is 12.6 Å². The van der Waals surface area contributed by atoms with Crippen molar-refractivity contribution >= 4 is 22.9 Å². The molecular formula is C13H14ClNS. The molecule has 2 aromatic rings. The van der Waals surface area contributed by atoms with Crippen LogP contribution in [-0.2, 0) is 6.54 Å². The Hall–Kier alpha value is -0.830. The van der Waals surface area contributed by atoms with Crippen molar-refractivity contribution in [3.63, 3.8) is 0 Å². The molecule has 0 saturated carbocycles. The average Bonchev–Trinajstić information content (AvgIpc) is 2.74. The number of hydrogen-bond donors (Lipinski definition) is 1. The molecule has 2 rings (SSSR count). The lowest BCUT2D eigenvalue weighted by Gasteiger charge is -2.12. The standard InChI is InChI=1S/C13H14ClNS/c1-10(12-7-13(14)16-9-12)15-8-11-5-3-2-4-6-11/h2-7,9-10,15H,8H2,1H3. The second-order valence-corrected chi connectivity index (χ2v) is 5.31. The minimum absolute atomic E-state index is 0.337. The van der Waals surface area contributed by atoms with Gasteiger partial charge in [-0.2, -0.15) is 0 Å². The lowest BCUT2D eigenvalue weighted by molar-refractivity contribution is 0.576. The highest BCUT2D eigenvalue weighted by molar-refractivity contribution is 7.14. The second-order valence-electron chi connectivity index (χ2n) is 3.77. The van der Waals surface area contributed by atoms with Crippen molar-refractivity contribution < 1.29 is 0 Å². The molecule has 3 heteroatoms. The van der Waals surface area contributed by atoms with Crippen LogP contribution in [0, 0.1) is 0 Å². The SMILES string of the molecule is CC(NCc1ccccc1)c1csc(Cl)c1. The fourth-order valence-electron chi connectivity index (χ4n) is 1.54. The van der Waals surface area contributed by atoms with Crippen LogP contribution in [0.15, 0.2) is 41.8 Å². The van der Waals surface area contributed by atoms with Crippen LogP contribution in [0.2, 0.25) is 4.34 Å². The highest BCUT2D eigenvalue weighted by Crippen LogP contribution is 2.24. The van der Waals surface area contributed by atoms with Gasteiger partial charge in [0.05, 0.1) is 4.34 Å². The van der Waals surface area contributed by atoms with Gasteiger partial charge in [-0.3, -0.25) is 0 Å². The van der Waals surface area contributed by atoms with Gasteiger partial charge in [0.2, 0.25) is 0 Å². The summed E-state index contributed by atoms with van der Waals surface area (Å²) in [5, 5.41) is 5.58. The van der Waals surface area contributed by atoms with Crippen molar-refractivity contribution in [1.82, 2.24) is 5.32 Å². The fraction of sp³-hybridized carbons (Fsp3) is 0.231. The van der Waals surface area contributed by atoms with Gasteiger partial charge in [-0.05, 0) is 29.5 Å². The maximum Gasteiger partial charge on any atom is 0.0931 e. The van der Waals surface area contributed by atoms with E-state index in [1.54, 1.807) is 11.3 Å². The topological polar surface area (TPSA) is 12.0 Å². The van der Waals surface area contributed by atoms with Gasteiger partial charge in [-0.25, -0.2) is 0 Å². The summed E-state index contributed by atoms with van der Waals surface area (Å²) in [5.41, 5.74) is 2.56. The van der Waals surface area contributed by atoms with Crippen molar-refractivity contribution in [2.75, 3.05) is 0 Å².